The summed E-state index contributed by atoms with van der Waals surface area (Å²) in [4.78, 5) is 45.6. The summed E-state index contributed by atoms with van der Waals surface area (Å²) in [6.45, 7) is 2.09. The first-order chi connectivity index (χ1) is 24.8. The van der Waals surface area contributed by atoms with E-state index in [1.165, 1.54) is 0 Å². The lowest BCUT2D eigenvalue weighted by Gasteiger charge is -2.15. The maximum Gasteiger partial charge on any atom is 0.259 e. The van der Waals surface area contributed by atoms with E-state index in [-0.39, 0.29) is 29.5 Å². The van der Waals surface area contributed by atoms with Crippen LogP contribution in [0.2, 0.25) is 10.0 Å². The van der Waals surface area contributed by atoms with Crippen LogP contribution in [0.25, 0.3) is 39.0 Å². The van der Waals surface area contributed by atoms with Crippen LogP contribution in [0, 0.1) is 0 Å². The van der Waals surface area contributed by atoms with Crippen molar-refractivity contribution in [1.29, 1.82) is 0 Å². The largest absolute Gasteiger partial charge is 0.480 e. The Hall–Kier alpha value is -4.81. The van der Waals surface area contributed by atoms with E-state index in [1.54, 1.807) is 23.9 Å². The summed E-state index contributed by atoms with van der Waals surface area (Å²) in [5.74, 6) is 0.534. The molecule has 5 heterocycles. The summed E-state index contributed by atoms with van der Waals surface area (Å²) >= 11 is 14.2. The molecule has 262 valence electrons. The van der Waals surface area contributed by atoms with E-state index >= 15 is 0 Å². The Kier molecular flexibility index (Phi) is 10.3. The van der Waals surface area contributed by atoms with Crippen molar-refractivity contribution in [3.8, 4) is 39.4 Å². The highest BCUT2D eigenvalue weighted by molar-refractivity contribution is 6.39. The normalized spacial score (nSPS) is 17.2. The van der Waals surface area contributed by atoms with Gasteiger partial charge in [-0.15, -0.1) is 0 Å². The summed E-state index contributed by atoms with van der Waals surface area (Å²) in [6, 6.07) is 19.3. The molecule has 2 saturated heterocycles. The van der Waals surface area contributed by atoms with Gasteiger partial charge in [-0.1, -0.05) is 65.7 Å². The molecule has 2 aromatic carbocycles. The Labute approximate surface area is 304 Å². The number of rotatable bonds is 12. The van der Waals surface area contributed by atoms with Crippen molar-refractivity contribution in [2.45, 2.75) is 50.9 Å². The number of halogens is 2. The van der Waals surface area contributed by atoms with Crippen LogP contribution >= 0.6 is 23.2 Å². The standard InChI is InChI=1S/C38H37Cl2N7O4/c1-51-37-32(20-42-19-25-10-13-34(49)45-25)43-21-31(46-37)30-7-3-6-29(36(30)40)28-5-2-4-27(35(28)39)22-14-15-47-26(16-22)11-8-23(38(47)50)17-41-18-24-9-12-33(48)44-24/h2-8,11,14-16,21,24-25,41-42H,9-10,12-13,17-20H2,1H3,(H,44,48)(H,45,49)/t24-,25-/m0/s1. The van der Waals surface area contributed by atoms with Gasteiger partial charge < -0.3 is 26.0 Å². The fourth-order valence-corrected chi connectivity index (χ4v) is 7.33. The van der Waals surface area contributed by atoms with Gasteiger partial charge in [0.25, 0.3) is 5.56 Å². The quantitative estimate of drug-likeness (QED) is 0.139. The molecule has 51 heavy (non-hydrogen) atoms. The smallest absolute Gasteiger partial charge is 0.259 e. The van der Waals surface area contributed by atoms with Crippen molar-refractivity contribution in [2.24, 2.45) is 0 Å². The second-order valence-corrected chi connectivity index (χ2v) is 13.5. The number of amides is 2. The minimum atomic E-state index is -0.103. The van der Waals surface area contributed by atoms with Crippen molar-refractivity contribution in [1.82, 2.24) is 35.6 Å². The monoisotopic (exact) mass is 725 g/mol. The molecule has 3 aromatic heterocycles. The van der Waals surface area contributed by atoms with Gasteiger partial charge >= 0.3 is 0 Å². The Morgan fingerprint density at radius 2 is 1.45 bits per heavy atom. The third-order valence-corrected chi connectivity index (χ3v) is 10.2. The molecule has 0 spiro atoms. The molecule has 2 amide bonds. The Morgan fingerprint density at radius 3 is 2.10 bits per heavy atom. The first kappa shape index (κ1) is 34.6. The Balaban J connectivity index is 1.10. The third kappa shape index (κ3) is 7.48. The molecule has 2 aliphatic rings. The zero-order valence-corrected chi connectivity index (χ0v) is 29.5. The van der Waals surface area contributed by atoms with Crippen molar-refractivity contribution < 1.29 is 14.3 Å². The maximum absolute atomic E-state index is 13.3. The van der Waals surface area contributed by atoms with E-state index in [4.69, 9.17) is 32.9 Å². The number of carbonyl (C=O) groups excluding carboxylic acids is 2. The number of nitrogens with one attached hydrogen (secondary N) is 4. The van der Waals surface area contributed by atoms with Crippen LogP contribution in [-0.2, 0) is 22.7 Å². The summed E-state index contributed by atoms with van der Waals surface area (Å²) in [5.41, 5.74) is 6.29. The predicted molar refractivity (Wildman–Crippen MR) is 198 cm³/mol. The second-order valence-electron chi connectivity index (χ2n) is 12.8. The zero-order valence-electron chi connectivity index (χ0n) is 28.0. The SMILES string of the molecule is COc1nc(-c2cccc(-c3cccc(-c4ccn5c(=O)c(CNC[C@@H]6CCC(=O)N6)ccc5c4)c3Cl)c2Cl)cnc1CNC[C@@H]1CCC(=O)N1. The number of hydrogen-bond acceptors (Lipinski definition) is 8. The number of ether oxygens (including phenoxy) is 1. The third-order valence-electron chi connectivity index (χ3n) is 9.37. The fraction of sp³-hybridized carbons (Fsp3) is 0.289. The lowest BCUT2D eigenvalue weighted by molar-refractivity contribution is -0.120. The average molecular weight is 727 g/mol. The van der Waals surface area contributed by atoms with Gasteiger partial charge in [-0.25, -0.2) is 4.98 Å². The molecule has 2 aliphatic heterocycles. The van der Waals surface area contributed by atoms with Gasteiger partial charge in [0.1, 0.15) is 5.69 Å². The molecule has 13 heteroatoms. The summed E-state index contributed by atoms with van der Waals surface area (Å²) < 4.78 is 7.21. The Morgan fingerprint density at radius 1 is 0.824 bits per heavy atom. The van der Waals surface area contributed by atoms with Gasteiger partial charge in [-0.05, 0) is 36.6 Å². The highest BCUT2D eigenvalue weighted by atomic mass is 35.5. The van der Waals surface area contributed by atoms with Crippen LogP contribution in [0.4, 0.5) is 0 Å². The second kappa shape index (κ2) is 15.2. The highest BCUT2D eigenvalue weighted by Gasteiger charge is 2.22. The lowest BCUT2D eigenvalue weighted by Crippen LogP contribution is -2.36. The van der Waals surface area contributed by atoms with Crippen LogP contribution in [0.5, 0.6) is 5.88 Å². The van der Waals surface area contributed by atoms with Crippen molar-refractivity contribution in [3.05, 3.63) is 105 Å². The molecule has 2 fully saturated rings. The van der Waals surface area contributed by atoms with Gasteiger partial charge in [0, 0.05) is 90.6 Å². The zero-order chi connectivity index (χ0) is 35.5. The molecule has 0 radical (unpaired) electrons. The number of benzene rings is 2. The molecule has 0 aliphatic carbocycles. The molecule has 0 saturated carbocycles. The van der Waals surface area contributed by atoms with Gasteiger partial charge in [0.05, 0.1) is 29.0 Å². The van der Waals surface area contributed by atoms with Crippen LogP contribution < -0.4 is 31.6 Å². The molecule has 5 aromatic rings. The molecular formula is C38H37Cl2N7O4. The Bertz CT molecular complexity index is 2190. The summed E-state index contributed by atoms with van der Waals surface area (Å²) in [7, 11) is 1.55. The van der Waals surface area contributed by atoms with Crippen LogP contribution in [-0.4, -0.2) is 58.5 Å². The van der Waals surface area contributed by atoms with E-state index < -0.39 is 0 Å². The predicted octanol–water partition coefficient (Wildman–Crippen LogP) is 5.14. The van der Waals surface area contributed by atoms with E-state index in [1.807, 2.05) is 60.7 Å². The van der Waals surface area contributed by atoms with Gasteiger partial charge in [0.15, 0.2) is 0 Å². The number of fused-ring (bicyclic) bond motifs is 1. The summed E-state index contributed by atoms with van der Waals surface area (Å²) in [6.07, 6.45) is 6.15. The molecule has 0 unspecified atom stereocenters. The summed E-state index contributed by atoms with van der Waals surface area (Å²) in [5, 5.41) is 13.5. The molecule has 11 nitrogen and oxygen atoms in total. The minimum absolute atomic E-state index is 0.0708. The molecule has 4 N–H and O–H groups in total. The first-order valence-electron chi connectivity index (χ1n) is 16.9. The number of carbonyl (C=O) groups is 2. The number of hydrogen-bond donors (Lipinski definition) is 4. The van der Waals surface area contributed by atoms with E-state index in [0.717, 1.165) is 40.6 Å². The van der Waals surface area contributed by atoms with Crippen molar-refractivity contribution in [3.63, 3.8) is 0 Å². The molecule has 7 rings (SSSR count). The fourth-order valence-electron chi connectivity index (χ4n) is 6.66. The van der Waals surface area contributed by atoms with Gasteiger partial charge in [-0.3, -0.25) is 23.8 Å². The van der Waals surface area contributed by atoms with Crippen molar-refractivity contribution in [2.75, 3.05) is 20.2 Å². The van der Waals surface area contributed by atoms with Crippen LogP contribution in [0.1, 0.15) is 36.9 Å². The minimum Gasteiger partial charge on any atom is -0.480 e. The van der Waals surface area contributed by atoms with Gasteiger partial charge in [0.2, 0.25) is 17.7 Å². The molecule has 0 bridgehead atoms. The number of pyridine rings is 2. The highest BCUT2D eigenvalue weighted by Crippen LogP contribution is 2.42. The first-order valence-corrected chi connectivity index (χ1v) is 17.7. The topological polar surface area (TPSA) is 139 Å². The molecular weight excluding hydrogens is 689 g/mol. The average Bonchev–Trinajstić information content (AvgIpc) is 3.76. The number of nitrogens with zero attached hydrogens (tertiary/aromatic N) is 3. The van der Waals surface area contributed by atoms with Gasteiger partial charge in [-0.2, -0.15) is 0 Å². The van der Waals surface area contributed by atoms with Crippen molar-refractivity contribution >= 4 is 40.5 Å². The number of aromatic nitrogens is 3. The van der Waals surface area contributed by atoms with E-state index in [9.17, 15) is 14.4 Å². The molecule has 2 atom stereocenters. The number of methoxy groups -OCH3 is 1. The maximum atomic E-state index is 13.3. The van der Waals surface area contributed by atoms with Crippen LogP contribution in [0.15, 0.2) is 77.9 Å². The van der Waals surface area contributed by atoms with E-state index in [2.05, 4.69) is 26.3 Å². The van der Waals surface area contributed by atoms with Crippen LogP contribution in [0.3, 0.4) is 0 Å². The lowest BCUT2D eigenvalue weighted by atomic mass is 9.97. The van der Waals surface area contributed by atoms with E-state index in [0.29, 0.717) is 77.5 Å².